The van der Waals surface area contributed by atoms with E-state index in [0.29, 0.717) is 11.5 Å². The number of carbonyl (C=O) groups excluding carboxylic acids is 1. The fraction of sp³-hybridized carbons (Fsp3) is 0.450. The van der Waals surface area contributed by atoms with Crippen molar-refractivity contribution >= 4 is 21.6 Å². The van der Waals surface area contributed by atoms with E-state index in [9.17, 15) is 23.3 Å². The highest BCUT2D eigenvalue weighted by molar-refractivity contribution is 7.89. The van der Waals surface area contributed by atoms with Gasteiger partial charge in [-0.25, -0.2) is 8.42 Å². The van der Waals surface area contributed by atoms with Crippen LogP contribution in [0.25, 0.3) is 0 Å². The lowest BCUT2D eigenvalue weighted by molar-refractivity contribution is -0.384. The van der Waals surface area contributed by atoms with Crippen LogP contribution < -0.4 is 0 Å². The van der Waals surface area contributed by atoms with Crippen LogP contribution in [0.5, 0.6) is 0 Å². The predicted octanol–water partition coefficient (Wildman–Crippen LogP) is 2.57. The largest absolute Gasteiger partial charge is 0.464 e. The molecule has 0 fully saturated rings. The average Bonchev–Trinajstić information content (AvgIpc) is 3.13. The highest BCUT2D eigenvalue weighted by atomic mass is 32.2. The molecular formula is C20H27N3O7S. The molecule has 31 heavy (non-hydrogen) atoms. The third-order valence-corrected chi connectivity index (χ3v) is 6.62. The van der Waals surface area contributed by atoms with Crippen molar-refractivity contribution in [3.63, 3.8) is 0 Å². The molecule has 2 rings (SSSR count). The van der Waals surface area contributed by atoms with Crippen molar-refractivity contribution in [3.05, 3.63) is 58.0 Å². The molecule has 1 aromatic carbocycles. The number of benzene rings is 1. The summed E-state index contributed by atoms with van der Waals surface area (Å²) >= 11 is 0. The van der Waals surface area contributed by atoms with E-state index in [1.807, 2.05) is 0 Å². The van der Waals surface area contributed by atoms with E-state index in [4.69, 9.17) is 9.15 Å². The molecule has 10 nitrogen and oxygen atoms in total. The number of methoxy groups -OCH3 is 1. The molecule has 0 aliphatic heterocycles. The summed E-state index contributed by atoms with van der Waals surface area (Å²) in [6.07, 6.45) is 0. The Morgan fingerprint density at radius 2 is 1.84 bits per heavy atom. The molecule has 0 aliphatic carbocycles. The zero-order chi connectivity index (χ0) is 23.2. The van der Waals surface area contributed by atoms with Crippen LogP contribution in [0.3, 0.4) is 0 Å². The van der Waals surface area contributed by atoms with Crippen molar-refractivity contribution in [2.75, 3.05) is 26.8 Å². The van der Waals surface area contributed by atoms with Crippen LogP contribution in [0.15, 0.2) is 45.7 Å². The summed E-state index contributed by atoms with van der Waals surface area (Å²) in [6, 6.07) is 7.61. The quantitative estimate of drug-likeness (QED) is 0.378. The topological polar surface area (TPSA) is 123 Å². The monoisotopic (exact) mass is 453 g/mol. The number of non-ortho nitro benzene ring substituents is 1. The second-order valence-corrected chi connectivity index (χ2v) is 9.11. The summed E-state index contributed by atoms with van der Waals surface area (Å²) in [5.41, 5.74) is -0.217. The summed E-state index contributed by atoms with van der Waals surface area (Å²) in [5, 5.41) is 10.8. The van der Waals surface area contributed by atoms with E-state index in [1.54, 1.807) is 32.9 Å². The minimum Gasteiger partial charge on any atom is -0.464 e. The minimum atomic E-state index is -4.05. The number of hydrogen-bond acceptors (Lipinski definition) is 7. The fourth-order valence-corrected chi connectivity index (χ4v) is 4.49. The van der Waals surface area contributed by atoms with E-state index in [1.165, 1.54) is 24.1 Å². The molecule has 0 atom stereocenters. The summed E-state index contributed by atoms with van der Waals surface area (Å²) in [4.78, 5) is 24.6. The molecule has 0 N–H and O–H groups in total. The molecule has 1 amide bonds. The van der Waals surface area contributed by atoms with E-state index < -0.39 is 26.9 Å². The minimum absolute atomic E-state index is 0.121. The second-order valence-electron chi connectivity index (χ2n) is 7.22. The van der Waals surface area contributed by atoms with Gasteiger partial charge in [0.15, 0.2) is 0 Å². The molecule has 1 aromatic heterocycles. The SMILES string of the molecule is COCCN(Cc1ccc(C)o1)C(=O)CN(C(C)C)S(=O)(=O)c1ccc([N+](=O)[O-])cc1. The van der Waals surface area contributed by atoms with E-state index in [-0.39, 0.29) is 36.8 Å². The number of carbonyl (C=O) groups is 1. The van der Waals surface area contributed by atoms with Crippen LogP contribution in [0.2, 0.25) is 0 Å². The summed E-state index contributed by atoms with van der Waals surface area (Å²) < 4.78 is 38.0. The summed E-state index contributed by atoms with van der Waals surface area (Å²) in [7, 11) is -2.54. The van der Waals surface area contributed by atoms with Crippen molar-refractivity contribution < 1.29 is 27.3 Å². The predicted molar refractivity (Wildman–Crippen MR) is 113 cm³/mol. The van der Waals surface area contributed by atoms with Crippen LogP contribution in [-0.2, 0) is 26.1 Å². The lowest BCUT2D eigenvalue weighted by Crippen LogP contribution is -2.46. The fourth-order valence-electron chi connectivity index (χ4n) is 2.91. The van der Waals surface area contributed by atoms with Gasteiger partial charge < -0.3 is 14.1 Å². The molecule has 0 spiro atoms. The number of rotatable bonds is 11. The number of amides is 1. The number of sulfonamides is 1. The van der Waals surface area contributed by atoms with Crippen LogP contribution in [0, 0.1) is 17.0 Å². The number of aryl methyl sites for hydroxylation is 1. The lowest BCUT2D eigenvalue weighted by Gasteiger charge is -2.29. The zero-order valence-corrected chi connectivity index (χ0v) is 18.8. The van der Waals surface area contributed by atoms with Crippen molar-refractivity contribution in [2.45, 2.75) is 38.3 Å². The first-order valence-corrected chi connectivity index (χ1v) is 11.1. The van der Waals surface area contributed by atoms with Gasteiger partial charge in [-0.1, -0.05) is 0 Å². The molecule has 0 aliphatic rings. The average molecular weight is 454 g/mol. The van der Waals surface area contributed by atoms with E-state index >= 15 is 0 Å². The lowest BCUT2D eigenvalue weighted by atomic mass is 10.3. The Bertz CT molecular complexity index is 1000. The first kappa shape index (κ1) is 24.5. The maximum atomic E-state index is 13.1. The molecular weight excluding hydrogens is 426 g/mol. The second kappa shape index (κ2) is 10.5. The number of nitro benzene ring substituents is 1. The molecule has 0 radical (unpaired) electrons. The molecule has 0 bridgehead atoms. The highest BCUT2D eigenvalue weighted by Crippen LogP contribution is 2.22. The van der Waals surface area contributed by atoms with Gasteiger partial charge in [0.2, 0.25) is 15.9 Å². The maximum Gasteiger partial charge on any atom is 0.269 e. The van der Waals surface area contributed by atoms with Crippen molar-refractivity contribution in [1.82, 2.24) is 9.21 Å². The van der Waals surface area contributed by atoms with Gasteiger partial charge >= 0.3 is 0 Å². The summed E-state index contributed by atoms with van der Waals surface area (Å²) in [5.74, 6) is 0.875. The maximum absolute atomic E-state index is 13.1. The van der Waals surface area contributed by atoms with Gasteiger partial charge in [0.05, 0.1) is 29.5 Å². The number of ether oxygens (including phenoxy) is 1. The Morgan fingerprint density at radius 3 is 2.32 bits per heavy atom. The number of hydrogen-bond donors (Lipinski definition) is 0. The van der Waals surface area contributed by atoms with Gasteiger partial charge in [0.1, 0.15) is 11.5 Å². The molecule has 11 heteroatoms. The van der Waals surface area contributed by atoms with Crippen LogP contribution in [0.1, 0.15) is 25.4 Å². The standard InChI is InChI=1S/C20H27N3O7S/c1-15(2)22(31(27,28)19-9-6-17(7-10-19)23(25)26)14-20(24)21(11-12-29-4)13-18-8-5-16(3)30-18/h5-10,15H,11-14H2,1-4H3. The van der Waals surface area contributed by atoms with Gasteiger partial charge in [0.25, 0.3) is 5.69 Å². The smallest absolute Gasteiger partial charge is 0.269 e. The Balaban J connectivity index is 2.25. The van der Waals surface area contributed by atoms with Gasteiger partial charge in [-0.3, -0.25) is 14.9 Å². The van der Waals surface area contributed by atoms with E-state index in [2.05, 4.69) is 0 Å². The van der Waals surface area contributed by atoms with Gasteiger partial charge in [-0.05, 0) is 45.0 Å². The first-order chi connectivity index (χ1) is 14.6. The molecule has 1 heterocycles. The van der Waals surface area contributed by atoms with Gasteiger partial charge in [-0.15, -0.1) is 0 Å². The number of nitrogens with zero attached hydrogens (tertiary/aromatic N) is 3. The van der Waals surface area contributed by atoms with Crippen molar-refractivity contribution in [2.24, 2.45) is 0 Å². The third kappa shape index (κ3) is 6.36. The van der Waals surface area contributed by atoms with Crippen molar-refractivity contribution in [1.29, 1.82) is 0 Å². The van der Waals surface area contributed by atoms with Crippen LogP contribution in [-0.4, -0.2) is 61.3 Å². The Morgan fingerprint density at radius 1 is 1.19 bits per heavy atom. The molecule has 2 aromatic rings. The number of furan rings is 1. The third-order valence-electron chi connectivity index (χ3n) is 4.58. The molecule has 0 saturated carbocycles. The molecule has 170 valence electrons. The van der Waals surface area contributed by atoms with Crippen molar-refractivity contribution in [3.8, 4) is 0 Å². The normalized spacial score (nSPS) is 11.8. The van der Waals surface area contributed by atoms with Crippen LogP contribution in [0.4, 0.5) is 5.69 Å². The van der Waals surface area contributed by atoms with Gasteiger partial charge in [-0.2, -0.15) is 4.31 Å². The molecule has 0 unspecified atom stereocenters. The highest BCUT2D eigenvalue weighted by Gasteiger charge is 2.31. The number of nitro groups is 1. The Labute approximate surface area is 181 Å². The molecule has 0 saturated heterocycles. The van der Waals surface area contributed by atoms with E-state index in [0.717, 1.165) is 16.4 Å². The Kier molecular flexibility index (Phi) is 8.31. The zero-order valence-electron chi connectivity index (χ0n) is 18.0. The van der Waals surface area contributed by atoms with Gasteiger partial charge in [0, 0.05) is 31.8 Å². The first-order valence-electron chi connectivity index (χ1n) is 9.64. The van der Waals surface area contributed by atoms with Crippen LogP contribution >= 0.6 is 0 Å². The Hall–Kier alpha value is -2.76. The summed E-state index contributed by atoms with van der Waals surface area (Å²) in [6.45, 7) is 5.44.